The van der Waals surface area contributed by atoms with Crippen molar-refractivity contribution in [3.8, 4) is 0 Å². The molecule has 166 valence electrons. The van der Waals surface area contributed by atoms with E-state index in [1.54, 1.807) is 0 Å². The van der Waals surface area contributed by atoms with Crippen molar-refractivity contribution in [3.05, 3.63) is 23.0 Å². The third-order valence-corrected chi connectivity index (χ3v) is 8.19. The summed E-state index contributed by atoms with van der Waals surface area (Å²) in [7, 11) is 0. The third-order valence-electron chi connectivity index (χ3n) is 7.06. The number of fused-ring (bicyclic) bond motifs is 2. The summed E-state index contributed by atoms with van der Waals surface area (Å²) in [5.74, 6) is 5.57. The molecule has 0 radical (unpaired) electrons. The number of nitrogens with one attached hydrogen (secondary N) is 1. The number of nitrogens with zero attached hydrogens (tertiary/aromatic N) is 4. The maximum Gasteiger partial charge on any atom is 0.227 e. The molecule has 2 aromatic rings. The van der Waals surface area contributed by atoms with Crippen LogP contribution in [0.4, 0.5) is 11.8 Å². The average molecular weight is 442 g/mol. The highest BCUT2D eigenvalue weighted by atomic mass is 32.2. The van der Waals surface area contributed by atoms with Gasteiger partial charge in [-0.2, -0.15) is 4.98 Å². The fourth-order valence-corrected chi connectivity index (χ4v) is 6.26. The summed E-state index contributed by atoms with van der Waals surface area (Å²) in [5, 5.41) is 3.72. The smallest absolute Gasteiger partial charge is 0.227 e. The number of hydrogen-bond donors (Lipinski definition) is 1. The van der Waals surface area contributed by atoms with Gasteiger partial charge in [0, 0.05) is 56.9 Å². The first-order valence-corrected chi connectivity index (χ1v) is 12.9. The number of thioether (sulfide) groups is 1. The molecule has 4 aliphatic rings. The van der Waals surface area contributed by atoms with Gasteiger partial charge in [-0.05, 0) is 44.9 Å². The number of ether oxygens (including phenoxy) is 1. The molecule has 6 rings (SSSR count). The number of rotatable bonds is 4. The van der Waals surface area contributed by atoms with E-state index in [4.69, 9.17) is 24.1 Å². The minimum Gasteiger partial charge on any atom is -0.445 e. The van der Waals surface area contributed by atoms with Crippen molar-refractivity contribution < 1.29 is 9.15 Å². The Bertz CT molecular complexity index is 911. The zero-order valence-corrected chi connectivity index (χ0v) is 18.9. The lowest BCUT2D eigenvalue weighted by atomic mass is 9.97. The molecule has 2 saturated heterocycles. The molecule has 1 aliphatic carbocycles. The van der Waals surface area contributed by atoms with Crippen LogP contribution in [0.2, 0.25) is 0 Å². The molecule has 2 aromatic heterocycles. The first-order chi connectivity index (χ1) is 15.3. The summed E-state index contributed by atoms with van der Waals surface area (Å²) >= 11 is 1.89. The van der Waals surface area contributed by atoms with Crippen molar-refractivity contribution in [2.24, 2.45) is 0 Å². The Labute approximate surface area is 187 Å². The first kappa shape index (κ1) is 19.9. The van der Waals surface area contributed by atoms with Crippen LogP contribution in [0.5, 0.6) is 0 Å². The fraction of sp³-hybridized carbons (Fsp3) is 0.696. The number of aryl methyl sites for hydroxylation is 3. The molecule has 5 heterocycles. The zero-order valence-electron chi connectivity index (χ0n) is 18.1. The molecule has 7 nitrogen and oxygen atoms in total. The summed E-state index contributed by atoms with van der Waals surface area (Å²) in [5.41, 5.74) is 2.43. The van der Waals surface area contributed by atoms with Crippen molar-refractivity contribution in [2.75, 3.05) is 42.3 Å². The van der Waals surface area contributed by atoms with Crippen LogP contribution in [0.25, 0.3) is 0 Å². The summed E-state index contributed by atoms with van der Waals surface area (Å²) in [6.45, 7) is 3.59. The van der Waals surface area contributed by atoms with E-state index in [-0.39, 0.29) is 0 Å². The molecule has 0 amide bonds. The number of piperidine rings is 1. The quantitative estimate of drug-likeness (QED) is 0.764. The predicted octanol–water partition coefficient (Wildman–Crippen LogP) is 3.97. The lowest BCUT2D eigenvalue weighted by Crippen LogP contribution is -2.35. The van der Waals surface area contributed by atoms with Crippen LogP contribution in [-0.4, -0.2) is 53.0 Å². The van der Waals surface area contributed by atoms with Gasteiger partial charge >= 0.3 is 0 Å². The van der Waals surface area contributed by atoms with Gasteiger partial charge in [0.15, 0.2) is 5.89 Å². The molecule has 0 spiro atoms. The molecule has 0 atom stereocenters. The maximum absolute atomic E-state index is 6.17. The molecule has 31 heavy (non-hydrogen) atoms. The van der Waals surface area contributed by atoms with Crippen LogP contribution in [0.1, 0.15) is 67.5 Å². The molecule has 1 N–H and O–H groups in total. The number of oxazole rings is 1. The monoisotopic (exact) mass is 441 g/mol. The Morgan fingerprint density at radius 1 is 0.903 bits per heavy atom. The molecule has 0 bridgehead atoms. The van der Waals surface area contributed by atoms with E-state index >= 15 is 0 Å². The Kier molecular flexibility index (Phi) is 5.52. The van der Waals surface area contributed by atoms with Gasteiger partial charge in [0.05, 0.1) is 16.3 Å². The molecular formula is C23H31N5O2S. The summed E-state index contributed by atoms with van der Waals surface area (Å²) < 4.78 is 11.7. The first-order valence-electron chi connectivity index (χ1n) is 11.9. The number of anilines is 2. The van der Waals surface area contributed by atoms with Gasteiger partial charge in [-0.15, -0.1) is 11.8 Å². The van der Waals surface area contributed by atoms with Crippen LogP contribution in [0.15, 0.2) is 9.31 Å². The standard InChI is InChI=1S/C23H31N5O2S/c1-2-4-19-17(3-1)25-22(30-19)15-5-10-28(11-6-15)23-26-18-9-14-31-20(18)21(27-23)24-16-7-12-29-13-8-16/h15-16H,1-14H2,(H,24,26,27). The van der Waals surface area contributed by atoms with E-state index in [0.29, 0.717) is 12.0 Å². The molecule has 2 fully saturated rings. The highest BCUT2D eigenvalue weighted by Crippen LogP contribution is 2.38. The molecule has 0 saturated carbocycles. The largest absolute Gasteiger partial charge is 0.445 e. The van der Waals surface area contributed by atoms with Gasteiger partial charge in [0.1, 0.15) is 11.6 Å². The third kappa shape index (κ3) is 4.04. The van der Waals surface area contributed by atoms with E-state index in [2.05, 4.69) is 10.2 Å². The maximum atomic E-state index is 6.17. The van der Waals surface area contributed by atoms with Gasteiger partial charge in [-0.1, -0.05) is 0 Å². The molecule has 0 aromatic carbocycles. The average Bonchev–Trinajstić information content (AvgIpc) is 3.47. The molecular weight excluding hydrogens is 410 g/mol. The molecule has 0 unspecified atom stereocenters. The van der Waals surface area contributed by atoms with Crippen LogP contribution in [0, 0.1) is 0 Å². The van der Waals surface area contributed by atoms with Crippen LogP contribution < -0.4 is 10.2 Å². The van der Waals surface area contributed by atoms with Crippen LogP contribution in [0.3, 0.4) is 0 Å². The van der Waals surface area contributed by atoms with Gasteiger partial charge in [0.2, 0.25) is 5.95 Å². The highest BCUT2D eigenvalue weighted by Gasteiger charge is 2.30. The van der Waals surface area contributed by atoms with Gasteiger partial charge < -0.3 is 19.4 Å². The van der Waals surface area contributed by atoms with E-state index < -0.39 is 0 Å². The van der Waals surface area contributed by atoms with Crippen molar-refractivity contribution in [1.82, 2.24) is 15.0 Å². The topological polar surface area (TPSA) is 76.3 Å². The molecule has 3 aliphatic heterocycles. The Morgan fingerprint density at radius 3 is 2.58 bits per heavy atom. The second-order valence-corrected chi connectivity index (χ2v) is 10.3. The van der Waals surface area contributed by atoms with E-state index in [1.807, 2.05) is 11.8 Å². The Balaban J connectivity index is 1.17. The van der Waals surface area contributed by atoms with E-state index in [9.17, 15) is 0 Å². The predicted molar refractivity (Wildman–Crippen MR) is 121 cm³/mol. The van der Waals surface area contributed by atoms with E-state index in [1.165, 1.54) is 29.1 Å². The summed E-state index contributed by atoms with van der Waals surface area (Å²) in [6.07, 6.45) is 9.86. The van der Waals surface area contributed by atoms with E-state index in [0.717, 1.165) is 100 Å². The normalized spacial score (nSPS) is 22.4. The lowest BCUT2D eigenvalue weighted by molar-refractivity contribution is 0.0903. The summed E-state index contributed by atoms with van der Waals surface area (Å²) in [4.78, 5) is 18.5. The second-order valence-electron chi connectivity index (χ2n) is 9.17. The summed E-state index contributed by atoms with van der Waals surface area (Å²) in [6, 6.07) is 0.448. The van der Waals surface area contributed by atoms with Crippen molar-refractivity contribution >= 4 is 23.5 Å². The lowest BCUT2D eigenvalue weighted by Gasteiger charge is -2.31. The van der Waals surface area contributed by atoms with Gasteiger partial charge in [-0.25, -0.2) is 9.97 Å². The van der Waals surface area contributed by atoms with Crippen LogP contribution in [-0.2, 0) is 24.0 Å². The minimum absolute atomic E-state index is 0.423. The number of hydrogen-bond acceptors (Lipinski definition) is 8. The van der Waals surface area contributed by atoms with Crippen LogP contribution >= 0.6 is 11.8 Å². The fourth-order valence-electron chi connectivity index (χ4n) is 5.20. The van der Waals surface area contributed by atoms with Crippen molar-refractivity contribution in [3.63, 3.8) is 0 Å². The molecule has 8 heteroatoms. The zero-order chi connectivity index (χ0) is 20.6. The number of aromatic nitrogens is 3. The SMILES string of the molecule is C1CCc2oc(C3CCN(c4nc5c(c(NC6CCOCC6)n4)SCC5)CC3)nc2C1. The Hall–Kier alpha value is -1.80. The van der Waals surface area contributed by atoms with Crippen molar-refractivity contribution in [1.29, 1.82) is 0 Å². The second kappa shape index (κ2) is 8.62. The van der Waals surface area contributed by atoms with Crippen molar-refractivity contribution in [2.45, 2.75) is 74.6 Å². The Morgan fingerprint density at radius 2 is 1.74 bits per heavy atom. The van der Waals surface area contributed by atoms with Gasteiger partial charge in [0.25, 0.3) is 0 Å². The highest BCUT2D eigenvalue weighted by molar-refractivity contribution is 7.99. The minimum atomic E-state index is 0.423. The van der Waals surface area contributed by atoms with Gasteiger partial charge in [-0.3, -0.25) is 0 Å².